The van der Waals surface area contributed by atoms with Crippen LogP contribution in [-0.2, 0) is 9.53 Å². The molecule has 104 valence electrons. The van der Waals surface area contributed by atoms with Crippen molar-refractivity contribution in [1.82, 2.24) is 4.98 Å². The lowest BCUT2D eigenvalue weighted by Gasteiger charge is -2.27. The van der Waals surface area contributed by atoms with Gasteiger partial charge in [0.25, 0.3) is 0 Å². The van der Waals surface area contributed by atoms with E-state index in [4.69, 9.17) is 22.7 Å². The number of rotatable bonds is 6. The molecule has 0 bridgehead atoms. The molecule has 1 aromatic heterocycles. The maximum atomic E-state index is 11.6. The predicted octanol–water partition coefficient (Wildman–Crippen LogP) is 1.49. The first-order valence-corrected chi connectivity index (χ1v) is 6.55. The molecule has 2 N–H and O–H groups in total. The summed E-state index contributed by atoms with van der Waals surface area (Å²) in [5.74, 6) is 0.382. The van der Waals surface area contributed by atoms with Gasteiger partial charge < -0.3 is 15.4 Å². The zero-order chi connectivity index (χ0) is 14.4. The average Bonchev–Trinajstić information content (AvgIpc) is 2.36. The van der Waals surface area contributed by atoms with Crippen molar-refractivity contribution in [3.63, 3.8) is 0 Å². The molecule has 1 rings (SSSR count). The maximum absolute atomic E-state index is 11.6. The summed E-state index contributed by atoms with van der Waals surface area (Å²) in [6, 6.07) is 5.49. The number of nitrogens with two attached hydrogens (primary N) is 1. The molecule has 0 radical (unpaired) electrons. The largest absolute Gasteiger partial charge is 0.465 e. The van der Waals surface area contributed by atoms with Crippen LogP contribution in [0, 0.1) is 0 Å². The number of ether oxygens (including phenoxy) is 1. The summed E-state index contributed by atoms with van der Waals surface area (Å²) in [4.78, 5) is 18.1. The molecular weight excluding hydrogens is 262 g/mol. The van der Waals surface area contributed by atoms with Gasteiger partial charge in [-0.1, -0.05) is 18.3 Å². The van der Waals surface area contributed by atoms with Crippen molar-refractivity contribution in [3.8, 4) is 0 Å². The molecule has 0 unspecified atom stereocenters. The van der Waals surface area contributed by atoms with Crippen molar-refractivity contribution < 1.29 is 9.53 Å². The van der Waals surface area contributed by atoms with Gasteiger partial charge in [0.05, 0.1) is 12.3 Å². The lowest BCUT2D eigenvalue weighted by atomic mass is 10.2. The highest BCUT2D eigenvalue weighted by Gasteiger charge is 2.17. The molecule has 0 aromatic carbocycles. The fourth-order valence-electron chi connectivity index (χ4n) is 1.59. The number of pyridine rings is 1. The first-order chi connectivity index (χ1) is 8.95. The third-order valence-corrected chi connectivity index (χ3v) is 2.72. The zero-order valence-electron chi connectivity index (χ0n) is 11.4. The van der Waals surface area contributed by atoms with Crippen molar-refractivity contribution in [2.24, 2.45) is 5.73 Å². The summed E-state index contributed by atoms with van der Waals surface area (Å²) in [5, 5.41) is 0. The van der Waals surface area contributed by atoms with Gasteiger partial charge in [-0.15, -0.1) is 0 Å². The van der Waals surface area contributed by atoms with E-state index in [1.54, 1.807) is 13.0 Å². The summed E-state index contributed by atoms with van der Waals surface area (Å²) in [5.41, 5.74) is 6.11. The third-order valence-electron chi connectivity index (χ3n) is 2.51. The minimum Gasteiger partial charge on any atom is -0.465 e. The van der Waals surface area contributed by atoms with Crippen LogP contribution in [0.1, 0.15) is 26.5 Å². The van der Waals surface area contributed by atoms with E-state index in [-0.39, 0.29) is 23.5 Å². The number of thiocarbonyl (C=S) groups is 1. The minimum atomic E-state index is -0.279. The monoisotopic (exact) mass is 281 g/mol. The van der Waals surface area contributed by atoms with Crippen molar-refractivity contribution in [2.45, 2.75) is 26.8 Å². The van der Waals surface area contributed by atoms with Gasteiger partial charge >= 0.3 is 5.97 Å². The van der Waals surface area contributed by atoms with Gasteiger partial charge in [-0.05, 0) is 32.9 Å². The van der Waals surface area contributed by atoms with Gasteiger partial charge in [0, 0.05) is 6.04 Å². The molecule has 0 fully saturated rings. The van der Waals surface area contributed by atoms with Crippen molar-refractivity contribution in [1.29, 1.82) is 0 Å². The predicted molar refractivity (Wildman–Crippen MR) is 79.2 cm³/mol. The molecule has 6 heteroatoms. The number of hydrogen-bond donors (Lipinski definition) is 1. The first-order valence-electron chi connectivity index (χ1n) is 6.14. The van der Waals surface area contributed by atoms with Gasteiger partial charge in [0.2, 0.25) is 0 Å². The summed E-state index contributed by atoms with van der Waals surface area (Å²) < 4.78 is 4.96. The Morgan fingerprint density at radius 3 is 2.74 bits per heavy atom. The summed E-state index contributed by atoms with van der Waals surface area (Å²) in [7, 11) is 0. The van der Waals surface area contributed by atoms with Crippen LogP contribution in [-0.4, -0.2) is 35.1 Å². The number of aromatic nitrogens is 1. The number of anilines is 1. The van der Waals surface area contributed by atoms with Crippen LogP contribution in [0.15, 0.2) is 18.2 Å². The molecule has 0 aliphatic carbocycles. The molecule has 0 saturated heterocycles. The second kappa shape index (κ2) is 7.04. The van der Waals surface area contributed by atoms with E-state index in [0.717, 1.165) is 0 Å². The molecular formula is C13H19N3O2S. The number of carbonyl (C=O) groups excluding carboxylic acids is 1. The number of hydrogen-bond acceptors (Lipinski definition) is 5. The third kappa shape index (κ3) is 4.48. The fraction of sp³-hybridized carbons (Fsp3) is 0.462. The van der Waals surface area contributed by atoms with Crippen LogP contribution in [0.25, 0.3) is 0 Å². The quantitative estimate of drug-likeness (QED) is 0.629. The van der Waals surface area contributed by atoms with E-state index < -0.39 is 0 Å². The Labute approximate surface area is 118 Å². The van der Waals surface area contributed by atoms with E-state index in [9.17, 15) is 4.79 Å². The molecule has 1 heterocycles. The van der Waals surface area contributed by atoms with E-state index >= 15 is 0 Å². The first kappa shape index (κ1) is 15.4. The molecule has 0 spiro atoms. The van der Waals surface area contributed by atoms with Crippen molar-refractivity contribution in [2.75, 3.05) is 18.1 Å². The van der Waals surface area contributed by atoms with Gasteiger partial charge in [-0.25, -0.2) is 4.98 Å². The van der Waals surface area contributed by atoms with Crippen LogP contribution in [0.2, 0.25) is 0 Å². The van der Waals surface area contributed by atoms with E-state index in [1.807, 2.05) is 30.9 Å². The smallest absolute Gasteiger partial charge is 0.325 e. The average molecular weight is 281 g/mol. The maximum Gasteiger partial charge on any atom is 0.325 e. The minimum absolute atomic E-state index is 0.110. The highest BCUT2D eigenvalue weighted by molar-refractivity contribution is 7.80. The normalized spacial score (nSPS) is 10.3. The van der Waals surface area contributed by atoms with Crippen LogP contribution < -0.4 is 10.6 Å². The van der Waals surface area contributed by atoms with Gasteiger partial charge in [0.15, 0.2) is 0 Å². The summed E-state index contributed by atoms with van der Waals surface area (Å²) >= 11 is 4.91. The number of esters is 1. The fourth-order valence-corrected chi connectivity index (χ4v) is 1.71. The summed E-state index contributed by atoms with van der Waals surface area (Å²) in [6.45, 7) is 6.26. The highest BCUT2D eigenvalue weighted by Crippen LogP contribution is 2.14. The van der Waals surface area contributed by atoms with E-state index in [2.05, 4.69) is 4.98 Å². The molecule has 5 nitrogen and oxygen atoms in total. The van der Waals surface area contributed by atoms with Crippen LogP contribution in [0.3, 0.4) is 0 Å². The zero-order valence-corrected chi connectivity index (χ0v) is 12.2. The van der Waals surface area contributed by atoms with Gasteiger partial charge in [-0.2, -0.15) is 0 Å². The van der Waals surface area contributed by atoms with Gasteiger partial charge in [-0.3, -0.25) is 4.79 Å². The van der Waals surface area contributed by atoms with E-state index in [0.29, 0.717) is 18.1 Å². The standard InChI is InChI=1S/C13H19N3O2S/c1-4-18-12(17)8-16(9(2)3)11-7-5-6-10(15-11)13(14)19/h5-7,9H,4,8H2,1-3H3,(H2,14,19). The SMILES string of the molecule is CCOC(=O)CN(c1cccc(C(N)=S)n1)C(C)C. The molecule has 0 atom stereocenters. The Balaban J connectivity index is 2.96. The lowest BCUT2D eigenvalue weighted by Crippen LogP contribution is -2.37. The number of carbonyl (C=O) groups is 1. The number of nitrogens with zero attached hydrogens (tertiary/aromatic N) is 2. The lowest BCUT2D eigenvalue weighted by molar-refractivity contribution is -0.141. The molecule has 0 saturated carbocycles. The Morgan fingerprint density at radius 1 is 1.53 bits per heavy atom. The van der Waals surface area contributed by atoms with Crippen molar-refractivity contribution >= 4 is 29.0 Å². The van der Waals surface area contributed by atoms with Crippen LogP contribution in [0.5, 0.6) is 0 Å². The van der Waals surface area contributed by atoms with Crippen LogP contribution in [0.4, 0.5) is 5.82 Å². The van der Waals surface area contributed by atoms with Crippen LogP contribution >= 0.6 is 12.2 Å². The Hall–Kier alpha value is -1.69. The second-order valence-electron chi connectivity index (χ2n) is 4.27. The molecule has 1 aromatic rings. The molecule has 0 amide bonds. The highest BCUT2D eigenvalue weighted by atomic mass is 32.1. The second-order valence-corrected chi connectivity index (χ2v) is 4.71. The van der Waals surface area contributed by atoms with Crippen molar-refractivity contribution in [3.05, 3.63) is 23.9 Å². The molecule has 0 aliphatic heterocycles. The topological polar surface area (TPSA) is 68.5 Å². The van der Waals surface area contributed by atoms with Gasteiger partial charge in [0.1, 0.15) is 17.4 Å². The molecule has 19 heavy (non-hydrogen) atoms. The summed E-state index contributed by atoms with van der Waals surface area (Å²) in [6.07, 6.45) is 0. The van der Waals surface area contributed by atoms with E-state index in [1.165, 1.54) is 0 Å². The Morgan fingerprint density at radius 2 is 2.21 bits per heavy atom. The molecule has 0 aliphatic rings. The Bertz CT molecular complexity index is 463. The Kier molecular flexibility index (Phi) is 5.69.